The summed E-state index contributed by atoms with van der Waals surface area (Å²) in [6, 6.07) is 0.700. The van der Waals surface area contributed by atoms with Crippen molar-refractivity contribution in [2.24, 2.45) is 5.73 Å². The number of nitrogens with two attached hydrogens (primary N) is 1. The summed E-state index contributed by atoms with van der Waals surface area (Å²) in [5, 5.41) is 26.6. The molecule has 0 aromatic heterocycles. The first-order valence-electron chi connectivity index (χ1n) is 4.09. The summed E-state index contributed by atoms with van der Waals surface area (Å²) in [6.07, 6.45) is 0. The highest BCUT2D eigenvalue weighted by Crippen LogP contribution is 2.27. The van der Waals surface area contributed by atoms with E-state index in [1.54, 1.807) is 0 Å². The Morgan fingerprint density at radius 3 is 2.50 bits per heavy atom. The third-order valence-corrected chi connectivity index (χ3v) is 1.94. The second-order valence-electron chi connectivity index (χ2n) is 2.99. The number of carboxylic acid groups (broad SMARTS) is 1. The number of rotatable bonds is 3. The zero-order valence-corrected chi connectivity index (χ0v) is 8.87. The lowest BCUT2D eigenvalue weighted by atomic mass is 10.0. The fraction of sp³-hybridized carbons (Fsp3) is 0.222. The molecule has 0 heterocycles. The van der Waals surface area contributed by atoms with Gasteiger partial charge in [-0.25, -0.2) is 9.18 Å². The van der Waals surface area contributed by atoms with Crippen LogP contribution in [0.5, 0.6) is 5.75 Å². The van der Waals surface area contributed by atoms with Gasteiger partial charge in [-0.05, 0) is 12.1 Å². The molecule has 0 aliphatic carbocycles. The number of carbonyl (C=O) groups is 1. The fourth-order valence-electron chi connectivity index (χ4n) is 1.12. The molecule has 90 valence electrons. The number of aliphatic hydroxyl groups is 1. The molecule has 7 heteroatoms. The van der Waals surface area contributed by atoms with E-state index in [1.165, 1.54) is 0 Å². The van der Waals surface area contributed by atoms with Crippen molar-refractivity contribution < 1.29 is 24.5 Å². The van der Waals surface area contributed by atoms with Gasteiger partial charge < -0.3 is 21.1 Å². The smallest absolute Gasteiger partial charge is 0.335 e. The number of hydrogen-bond donors (Lipinski definition) is 4. The van der Waals surface area contributed by atoms with Crippen LogP contribution in [0.15, 0.2) is 12.1 Å². The quantitative estimate of drug-likeness (QED) is 0.631. The van der Waals surface area contributed by atoms with E-state index in [1.807, 2.05) is 0 Å². The van der Waals surface area contributed by atoms with Gasteiger partial charge in [-0.2, -0.15) is 0 Å². The third kappa shape index (κ3) is 2.82. The number of carboxylic acids is 1. The van der Waals surface area contributed by atoms with Crippen LogP contribution in [0, 0.1) is 5.82 Å². The first-order valence-corrected chi connectivity index (χ1v) is 4.09. The van der Waals surface area contributed by atoms with Crippen molar-refractivity contribution >= 4 is 18.4 Å². The van der Waals surface area contributed by atoms with E-state index in [-0.39, 0.29) is 23.5 Å². The first-order chi connectivity index (χ1) is 6.97. The van der Waals surface area contributed by atoms with Crippen LogP contribution in [0.2, 0.25) is 0 Å². The Bertz CT molecular complexity index is 399. The maximum absolute atomic E-state index is 13.0. The Balaban J connectivity index is 0.00000225. The molecule has 1 aromatic rings. The molecule has 5 N–H and O–H groups in total. The Kier molecular flexibility index (Phi) is 5.16. The van der Waals surface area contributed by atoms with E-state index in [4.69, 9.17) is 15.9 Å². The topological polar surface area (TPSA) is 104 Å². The number of phenols is 1. The monoisotopic (exact) mass is 251 g/mol. The van der Waals surface area contributed by atoms with Crippen LogP contribution in [-0.2, 0) is 0 Å². The zero-order valence-electron chi connectivity index (χ0n) is 8.05. The van der Waals surface area contributed by atoms with Gasteiger partial charge in [-0.3, -0.25) is 0 Å². The molecule has 0 amide bonds. The molecule has 5 nitrogen and oxygen atoms in total. The van der Waals surface area contributed by atoms with Gasteiger partial charge in [0.05, 0.1) is 18.2 Å². The highest BCUT2D eigenvalue weighted by Gasteiger charge is 2.17. The van der Waals surface area contributed by atoms with Crippen molar-refractivity contribution in [2.45, 2.75) is 6.04 Å². The number of aromatic carboxylic acids is 1. The summed E-state index contributed by atoms with van der Waals surface area (Å²) < 4.78 is 13.0. The van der Waals surface area contributed by atoms with Gasteiger partial charge in [-0.15, -0.1) is 12.4 Å². The Morgan fingerprint density at radius 1 is 1.50 bits per heavy atom. The van der Waals surface area contributed by atoms with Crippen LogP contribution < -0.4 is 5.73 Å². The molecule has 16 heavy (non-hydrogen) atoms. The SMILES string of the molecule is Cl.N[C@@H](CO)c1cc(C(=O)O)cc(F)c1O. The Hall–Kier alpha value is -1.37. The van der Waals surface area contributed by atoms with Crippen molar-refractivity contribution in [3.8, 4) is 5.75 Å². The largest absolute Gasteiger partial charge is 0.505 e. The number of aliphatic hydroxyl groups excluding tert-OH is 1. The molecule has 0 aliphatic rings. The van der Waals surface area contributed by atoms with Crippen molar-refractivity contribution in [2.75, 3.05) is 6.61 Å². The minimum Gasteiger partial charge on any atom is -0.505 e. The van der Waals surface area contributed by atoms with Crippen LogP contribution in [0.1, 0.15) is 22.0 Å². The normalized spacial score (nSPS) is 11.7. The zero-order chi connectivity index (χ0) is 11.6. The van der Waals surface area contributed by atoms with Gasteiger partial charge in [0, 0.05) is 5.56 Å². The number of hydrogen-bond acceptors (Lipinski definition) is 4. The lowest BCUT2D eigenvalue weighted by Gasteiger charge is -2.12. The average Bonchev–Trinajstić information content (AvgIpc) is 2.20. The molecule has 0 radical (unpaired) electrons. The molecular weight excluding hydrogens is 241 g/mol. The third-order valence-electron chi connectivity index (χ3n) is 1.94. The molecule has 1 aromatic carbocycles. The number of halogens is 2. The molecule has 0 spiro atoms. The number of phenolic OH excluding ortho intramolecular Hbond substituents is 1. The predicted octanol–water partition coefficient (Wildman–Crippen LogP) is 0.643. The first kappa shape index (κ1) is 14.6. The summed E-state index contributed by atoms with van der Waals surface area (Å²) in [5.41, 5.74) is 4.90. The maximum Gasteiger partial charge on any atom is 0.335 e. The van der Waals surface area contributed by atoms with E-state index >= 15 is 0 Å². The van der Waals surface area contributed by atoms with E-state index in [0.717, 1.165) is 6.07 Å². The van der Waals surface area contributed by atoms with E-state index < -0.39 is 30.2 Å². The lowest BCUT2D eigenvalue weighted by molar-refractivity contribution is 0.0696. The second-order valence-corrected chi connectivity index (χ2v) is 2.99. The van der Waals surface area contributed by atoms with Crippen LogP contribution in [0.3, 0.4) is 0 Å². The van der Waals surface area contributed by atoms with Gasteiger partial charge in [-0.1, -0.05) is 0 Å². The summed E-state index contributed by atoms with van der Waals surface area (Å²) >= 11 is 0. The van der Waals surface area contributed by atoms with Crippen molar-refractivity contribution in [3.05, 3.63) is 29.1 Å². The average molecular weight is 252 g/mol. The fourth-order valence-corrected chi connectivity index (χ4v) is 1.12. The highest BCUT2D eigenvalue weighted by atomic mass is 35.5. The minimum absolute atomic E-state index is 0. The summed E-state index contributed by atoms with van der Waals surface area (Å²) in [5.74, 6) is -3.14. The Morgan fingerprint density at radius 2 is 2.06 bits per heavy atom. The number of aromatic hydroxyl groups is 1. The van der Waals surface area contributed by atoms with Crippen molar-refractivity contribution in [3.63, 3.8) is 0 Å². The predicted molar refractivity (Wildman–Crippen MR) is 56.3 cm³/mol. The van der Waals surface area contributed by atoms with Crippen LogP contribution in [0.25, 0.3) is 0 Å². The van der Waals surface area contributed by atoms with Gasteiger partial charge in [0.15, 0.2) is 11.6 Å². The minimum atomic E-state index is -1.33. The van der Waals surface area contributed by atoms with Crippen LogP contribution in [-0.4, -0.2) is 27.9 Å². The molecule has 0 bridgehead atoms. The van der Waals surface area contributed by atoms with Gasteiger partial charge in [0.1, 0.15) is 0 Å². The van der Waals surface area contributed by atoms with Crippen molar-refractivity contribution in [1.82, 2.24) is 0 Å². The van der Waals surface area contributed by atoms with E-state index in [2.05, 4.69) is 0 Å². The molecule has 0 saturated heterocycles. The molecule has 1 rings (SSSR count). The molecule has 0 fully saturated rings. The van der Waals surface area contributed by atoms with Crippen LogP contribution in [0.4, 0.5) is 4.39 Å². The van der Waals surface area contributed by atoms with Crippen LogP contribution >= 0.6 is 12.4 Å². The summed E-state index contributed by atoms with van der Waals surface area (Å²) in [7, 11) is 0. The van der Waals surface area contributed by atoms with Crippen molar-refractivity contribution in [1.29, 1.82) is 0 Å². The molecule has 1 atom stereocenters. The number of benzene rings is 1. The van der Waals surface area contributed by atoms with Gasteiger partial charge in [0.25, 0.3) is 0 Å². The van der Waals surface area contributed by atoms with Gasteiger partial charge >= 0.3 is 5.97 Å². The van der Waals surface area contributed by atoms with E-state index in [0.29, 0.717) is 6.07 Å². The molecule has 0 aliphatic heterocycles. The maximum atomic E-state index is 13.0. The van der Waals surface area contributed by atoms with Gasteiger partial charge in [0.2, 0.25) is 0 Å². The standard InChI is InChI=1S/C9H10FNO4.ClH/c10-6-2-4(9(14)15)1-5(8(6)13)7(11)3-12;/h1-2,7,12-13H,3,11H2,(H,14,15);1H/t7-;/m0./s1. The Labute approximate surface area is 96.7 Å². The molecular formula is C9H11ClFNO4. The summed E-state index contributed by atoms with van der Waals surface area (Å²) in [6.45, 7) is -0.518. The summed E-state index contributed by atoms with van der Waals surface area (Å²) in [4.78, 5) is 10.6. The van der Waals surface area contributed by atoms with E-state index in [9.17, 15) is 14.3 Å². The molecule has 0 unspecified atom stereocenters. The molecule has 0 saturated carbocycles. The highest BCUT2D eigenvalue weighted by molar-refractivity contribution is 5.88. The second kappa shape index (κ2) is 5.64. The lowest BCUT2D eigenvalue weighted by Crippen LogP contribution is -2.16.